The zero-order valence-electron chi connectivity index (χ0n) is 12.4. The number of halogens is 1. The molecular formula is C17H15FN4S. The smallest absolute Gasteiger partial charge is 0.192 e. The third-order valence-electron chi connectivity index (χ3n) is 3.21. The average Bonchev–Trinajstić information content (AvgIpc) is 2.97. The van der Waals surface area contributed by atoms with E-state index in [2.05, 4.69) is 21.8 Å². The SMILES string of the molecule is C=CCn1c(SCc2cccc(F)c2)nnc1-c1cccnc1. The van der Waals surface area contributed by atoms with Crippen molar-refractivity contribution in [2.75, 3.05) is 0 Å². The van der Waals surface area contributed by atoms with Gasteiger partial charge in [0.05, 0.1) is 0 Å². The average molecular weight is 326 g/mol. The van der Waals surface area contributed by atoms with Crippen molar-refractivity contribution in [1.82, 2.24) is 19.7 Å². The van der Waals surface area contributed by atoms with Gasteiger partial charge in [-0.1, -0.05) is 30.0 Å². The van der Waals surface area contributed by atoms with E-state index in [1.54, 1.807) is 24.5 Å². The molecule has 0 atom stereocenters. The molecule has 0 amide bonds. The summed E-state index contributed by atoms with van der Waals surface area (Å²) in [5.41, 5.74) is 1.81. The zero-order chi connectivity index (χ0) is 16.1. The summed E-state index contributed by atoms with van der Waals surface area (Å²) >= 11 is 1.52. The molecule has 0 aliphatic heterocycles. The molecule has 0 spiro atoms. The maximum Gasteiger partial charge on any atom is 0.192 e. The summed E-state index contributed by atoms with van der Waals surface area (Å²) < 4.78 is 15.2. The zero-order valence-corrected chi connectivity index (χ0v) is 13.2. The molecule has 0 fully saturated rings. The molecule has 6 heteroatoms. The van der Waals surface area contributed by atoms with Crippen molar-refractivity contribution < 1.29 is 4.39 Å². The normalized spacial score (nSPS) is 10.7. The van der Waals surface area contributed by atoms with Crippen LogP contribution in [0.3, 0.4) is 0 Å². The molecule has 0 saturated heterocycles. The molecule has 0 saturated carbocycles. The second-order valence-corrected chi connectivity index (χ2v) is 5.81. The van der Waals surface area contributed by atoms with Gasteiger partial charge in [-0.2, -0.15) is 0 Å². The molecule has 1 aromatic carbocycles. The highest BCUT2D eigenvalue weighted by Gasteiger charge is 2.13. The van der Waals surface area contributed by atoms with E-state index in [1.807, 2.05) is 22.8 Å². The molecular weight excluding hydrogens is 311 g/mol. The number of pyridine rings is 1. The van der Waals surface area contributed by atoms with E-state index in [1.165, 1.54) is 23.9 Å². The van der Waals surface area contributed by atoms with Crippen LogP contribution in [0.1, 0.15) is 5.56 Å². The number of benzene rings is 1. The fraction of sp³-hybridized carbons (Fsp3) is 0.118. The highest BCUT2D eigenvalue weighted by molar-refractivity contribution is 7.98. The van der Waals surface area contributed by atoms with Gasteiger partial charge in [0.1, 0.15) is 5.82 Å². The Labute approximate surface area is 138 Å². The lowest BCUT2D eigenvalue weighted by Gasteiger charge is -2.07. The Morgan fingerprint density at radius 2 is 2.13 bits per heavy atom. The van der Waals surface area contributed by atoms with Crippen LogP contribution >= 0.6 is 11.8 Å². The van der Waals surface area contributed by atoms with Crippen LogP contribution in [0.15, 0.2) is 66.6 Å². The molecule has 4 nitrogen and oxygen atoms in total. The van der Waals surface area contributed by atoms with E-state index in [-0.39, 0.29) is 5.82 Å². The summed E-state index contributed by atoms with van der Waals surface area (Å²) in [6.45, 7) is 4.39. The molecule has 116 valence electrons. The fourth-order valence-corrected chi connectivity index (χ4v) is 3.06. The molecule has 0 unspecified atom stereocenters. The number of allylic oxidation sites excluding steroid dienone is 1. The minimum atomic E-state index is -0.230. The van der Waals surface area contributed by atoms with Gasteiger partial charge in [-0.15, -0.1) is 16.8 Å². The molecule has 3 rings (SSSR count). The van der Waals surface area contributed by atoms with E-state index in [0.29, 0.717) is 12.3 Å². The minimum Gasteiger partial charge on any atom is -0.298 e. The van der Waals surface area contributed by atoms with E-state index in [0.717, 1.165) is 22.1 Å². The van der Waals surface area contributed by atoms with Crippen molar-refractivity contribution >= 4 is 11.8 Å². The highest BCUT2D eigenvalue weighted by Crippen LogP contribution is 2.26. The number of aromatic nitrogens is 4. The first-order valence-corrected chi connectivity index (χ1v) is 8.08. The van der Waals surface area contributed by atoms with Crippen molar-refractivity contribution in [1.29, 1.82) is 0 Å². The lowest BCUT2D eigenvalue weighted by molar-refractivity contribution is 0.626. The molecule has 0 radical (unpaired) electrons. The Bertz CT molecular complexity index is 801. The molecule has 2 aromatic heterocycles. The Morgan fingerprint density at radius 3 is 2.87 bits per heavy atom. The molecule has 3 aromatic rings. The predicted octanol–water partition coefficient (Wildman–Crippen LogP) is 3.96. The van der Waals surface area contributed by atoms with E-state index in [4.69, 9.17) is 0 Å². The van der Waals surface area contributed by atoms with E-state index in [9.17, 15) is 4.39 Å². The Balaban J connectivity index is 1.85. The van der Waals surface area contributed by atoms with Gasteiger partial charge in [0.2, 0.25) is 0 Å². The van der Waals surface area contributed by atoms with Crippen LogP contribution in [0.5, 0.6) is 0 Å². The lowest BCUT2D eigenvalue weighted by Crippen LogP contribution is -2.00. The summed E-state index contributed by atoms with van der Waals surface area (Å²) in [6, 6.07) is 10.4. The van der Waals surface area contributed by atoms with Gasteiger partial charge < -0.3 is 0 Å². The maximum atomic E-state index is 13.3. The van der Waals surface area contributed by atoms with Crippen LogP contribution in [-0.4, -0.2) is 19.7 Å². The molecule has 2 heterocycles. The van der Waals surface area contributed by atoms with Crippen LogP contribution in [0, 0.1) is 5.82 Å². The van der Waals surface area contributed by atoms with E-state index < -0.39 is 0 Å². The first-order valence-electron chi connectivity index (χ1n) is 7.09. The third kappa shape index (κ3) is 3.65. The second-order valence-electron chi connectivity index (χ2n) is 4.87. The number of thioether (sulfide) groups is 1. The van der Waals surface area contributed by atoms with Gasteiger partial charge in [-0.25, -0.2) is 4.39 Å². The number of nitrogens with zero attached hydrogens (tertiary/aromatic N) is 4. The molecule has 0 bridgehead atoms. The van der Waals surface area contributed by atoms with Crippen molar-refractivity contribution in [2.45, 2.75) is 17.5 Å². The Kier molecular flexibility index (Phi) is 4.83. The fourth-order valence-electron chi connectivity index (χ4n) is 2.17. The number of hydrogen-bond donors (Lipinski definition) is 0. The van der Waals surface area contributed by atoms with Crippen LogP contribution in [0.4, 0.5) is 4.39 Å². The van der Waals surface area contributed by atoms with Gasteiger partial charge in [-0.3, -0.25) is 9.55 Å². The summed E-state index contributed by atoms with van der Waals surface area (Å²) in [6.07, 6.45) is 5.28. The molecule has 0 aliphatic rings. The first-order chi connectivity index (χ1) is 11.3. The van der Waals surface area contributed by atoms with Gasteiger partial charge in [0, 0.05) is 30.3 Å². The van der Waals surface area contributed by atoms with E-state index >= 15 is 0 Å². The van der Waals surface area contributed by atoms with Crippen molar-refractivity contribution in [3.8, 4) is 11.4 Å². The topological polar surface area (TPSA) is 43.6 Å². The second kappa shape index (κ2) is 7.19. The monoisotopic (exact) mass is 326 g/mol. The maximum absolute atomic E-state index is 13.3. The van der Waals surface area contributed by atoms with Gasteiger partial charge >= 0.3 is 0 Å². The third-order valence-corrected chi connectivity index (χ3v) is 4.24. The summed E-state index contributed by atoms with van der Waals surface area (Å²) in [5, 5.41) is 9.29. The quantitative estimate of drug-likeness (QED) is 0.508. The Hall–Kier alpha value is -2.47. The van der Waals surface area contributed by atoms with Gasteiger partial charge in [0.25, 0.3) is 0 Å². The van der Waals surface area contributed by atoms with Crippen LogP contribution < -0.4 is 0 Å². The van der Waals surface area contributed by atoms with Crippen LogP contribution in [0.2, 0.25) is 0 Å². The first kappa shape index (κ1) is 15.4. The molecule has 23 heavy (non-hydrogen) atoms. The van der Waals surface area contributed by atoms with Crippen molar-refractivity contribution in [3.05, 3.63) is 72.8 Å². The highest BCUT2D eigenvalue weighted by atomic mass is 32.2. The summed E-state index contributed by atoms with van der Waals surface area (Å²) in [4.78, 5) is 4.12. The van der Waals surface area contributed by atoms with Crippen LogP contribution in [0.25, 0.3) is 11.4 Å². The van der Waals surface area contributed by atoms with Crippen molar-refractivity contribution in [3.63, 3.8) is 0 Å². The standard InChI is InChI=1S/C17H15FN4S/c1-2-9-22-16(14-6-4-8-19-11-14)20-21-17(22)23-12-13-5-3-7-15(18)10-13/h2-8,10-11H,1,9,12H2. The lowest BCUT2D eigenvalue weighted by atomic mass is 10.2. The van der Waals surface area contributed by atoms with Gasteiger partial charge in [-0.05, 0) is 29.8 Å². The predicted molar refractivity (Wildman–Crippen MR) is 89.4 cm³/mol. The summed E-state index contributed by atoms with van der Waals surface area (Å²) in [7, 11) is 0. The largest absolute Gasteiger partial charge is 0.298 e. The van der Waals surface area contributed by atoms with Crippen LogP contribution in [-0.2, 0) is 12.3 Å². The Morgan fingerprint density at radius 1 is 1.22 bits per heavy atom. The molecule has 0 N–H and O–H groups in total. The molecule has 0 aliphatic carbocycles. The number of hydrogen-bond acceptors (Lipinski definition) is 4. The van der Waals surface area contributed by atoms with Gasteiger partial charge in [0.15, 0.2) is 11.0 Å². The van der Waals surface area contributed by atoms with Crippen molar-refractivity contribution in [2.24, 2.45) is 0 Å². The minimum absolute atomic E-state index is 0.230. The summed E-state index contributed by atoms with van der Waals surface area (Å²) in [5.74, 6) is 1.14. The number of rotatable bonds is 6.